The lowest BCUT2D eigenvalue weighted by Crippen LogP contribution is -2.00. The van der Waals surface area contributed by atoms with Gasteiger partial charge in [-0.2, -0.15) is 0 Å². The summed E-state index contributed by atoms with van der Waals surface area (Å²) >= 11 is 12.0. The van der Waals surface area contributed by atoms with E-state index >= 15 is 0 Å². The van der Waals surface area contributed by atoms with Crippen molar-refractivity contribution in [3.63, 3.8) is 0 Å². The van der Waals surface area contributed by atoms with Crippen LogP contribution in [0.3, 0.4) is 0 Å². The molecule has 20 heavy (non-hydrogen) atoms. The maximum atomic E-state index is 10.5. The SMILES string of the molecule is OC(c1ccc2ccccc2c1)c1ccc(Cl)cc1Cl. The van der Waals surface area contributed by atoms with Gasteiger partial charge in [0.1, 0.15) is 6.10 Å². The molecule has 0 aromatic heterocycles. The Morgan fingerprint density at radius 1 is 0.800 bits per heavy atom. The lowest BCUT2D eigenvalue weighted by atomic mass is 9.98. The fourth-order valence-electron chi connectivity index (χ4n) is 2.28. The van der Waals surface area contributed by atoms with Gasteiger partial charge in [0.15, 0.2) is 0 Å². The van der Waals surface area contributed by atoms with Crippen molar-refractivity contribution in [1.82, 2.24) is 0 Å². The van der Waals surface area contributed by atoms with Crippen LogP contribution in [0.4, 0.5) is 0 Å². The molecular weight excluding hydrogens is 291 g/mol. The van der Waals surface area contributed by atoms with Crippen LogP contribution < -0.4 is 0 Å². The normalized spacial score (nSPS) is 12.6. The standard InChI is InChI=1S/C17H12Cl2O/c18-14-7-8-15(16(19)10-14)17(20)13-6-5-11-3-1-2-4-12(11)9-13/h1-10,17,20H. The molecule has 0 saturated carbocycles. The molecular formula is C17H12Cl2O. The van der Waals surface area contributed by atoms with Crippen LogP contribution in [0, 0.1) is 0 Å². The van der Waals surface area contributed by atoms with Gasteiger partial charge in [-0.05, 0) is 34.5 Å². The molecule has 3 heteroatoms. The third-order valence-electron chi connectivity index (χ3n) is 3.35. The summed E-state index contributed by atoms with van der Waals surface area (Å²) in [6, 6.07) is 19.1. The van der Waals surface area contributed by atoms with Crippen LogP contribution in [0.5, 0.6) is 0 Å². The molecule has 3 aromatic rings. The molecule has 0 aliphatic carbocycles. The van der Waals surface area contributed by atoms with E-state index in [-0.39, 0.29) is 0 Å². The predicted octanol–water partition coefficient (Wildman–Crippen LogP) is 5.23. The molecule has 0 fully saturated rings. The van der Waals surface area contributed by atoms with Gasteiger partial charge in [0.25, 0.3) is 0 Å². The Bertz CT molecular complexity index is 768. The second-order valence-corrected chi connectivity index (χ2v) is 5.52. The van der Waals surface area contributed by atoms with Crippen molar-refractivity contribution in [1.29, 1.82) is 0 Å². The molecule has 0 spiro atoms. The minimum absolute atomic E-state index is 0.471. The average Bonchev–Trinajstić information content (AvgIpc) is 2.46. The quantitative estimate of drug-likeness (QED) is 0.687. The molecule has 0 amide bonds. The molecule has 3 rings (SSSR count). The number of hydrogen-bond acceptors (Lipinski definition) is 1. The Morgan fingerprint density at radius 2 is 1.55 bits per heavy atom. The van der Waals surface area contributed by atoms with E-state index in [1.807, 2.05) is 42.5 Å². The number of halogens is 2. The van der Waals surface area contributed by atoms with Crippen LogP contribution in [-0.4, -0.2) is 5.11 Å². The topological polar surface area (TPSA) is 20.2 Å². The summed E-state index contributed by atoms with van der Waals surface area (Å²) in [5.74, 6) is 0. The number of rotatable bonds is 2. The Hall–Kier alpha value is -1.54. The summed E-state index contributed by atoms with van der Waals surface area (Å²) in [5, 5.41) is 13.8. The minimum Gasteiger partial charge on any atom is -0.384 e. The molecule has 100 valence electrons. The Labute approximate surface area is 127 Å². The maximum Gasteiger partial charge on any atom is 0.106 e. The van der Waals surface area contributed by atoms with Crippen LogP contribution in [0.1, 0.15) is 17.2 Å². The van der Waals surface area contributed by atoms with Gasteiger partial charge >= 0.3 is 0 Å². The zero-order valence-electron chi connectivity index (χ0n) is 10.6. The second-order valence-electron chi connectivity index (χ2n) is 4.67. The molecule has 0 saturated heterocycles. The van der Waals surface area contributed by atoms with Gasteiger partial charge in [0.2, 0.25) is 0 Å². The molecule has 0 bridgehead atoms. The van der Waals surface area contributed by atoms with Gasteiger partial charge in [0.05, 0.1) is 0 Å². The molecule has 1 atom stereocenters. The maximum absolute atomic E-state index is 10.5. The first-order valence-electron chi connectivity index (χ1n) is 6.27. The number of aliphatic hydroxyl groups excluding tert-OH is 1. The number of fused-ring (bicyclic) bond motifs is 1. The van der Waals surface area contributed by atoms with Crippen molar-refractivity contribution in [2.24, 2.45) is 0 Å². The zero-order valence-corrected chi connectivity index (χ0v) is 12.1. The summed E-state index contributed by atoms with van der Waals surface area (Å²) in [5.41, 5.74) is 1.47. The first-order valence-corrected chi connectivity index (χ1v) is 7.02. The number of benzene rings is 3. The van der Waals surface area contributed by atoms with Crippen molar-refractivity contribution >= 4 is 34.0 Å². The highest BCUT2D eigenvalue weighted by atomic mass is 35.5. The van der Waals surface area contributed by atoms with Gasteiger partial charge in [-0.1, -0.05) is 65.7 Å². The molecule has 0 radical (unpaired) electrons. The van der Waals surface area contributed by atoms with Crippen LogP contribution in [0.2, 0.25) is 10.0 Å². The second kappa shape index (κ2) is 5.45. The van der Waals surface area contributed by atoms with E-state index < -0.39 is 6.10 Å². The highest BCUT2D eigenvalue weighted by Gasteiger charge is 2.14. The molecule has 1 N–H and O–H groups in total. The Kier molecular flexibility index (Phi) is 3.66. The summed E-state index contributed by atoms with van der Waals surface area (Å²) in [4.78, 5) is 0. The molecule has 0 aliphatic rings. The van der Waals surface area contributed by atoms with Crippen LogP contribution in [0.25, 0.3) is 10.8 Å². The van der Waals surface area contributed by atoms with Gasteiger partial charge in [0, 0.05) is 15.6 Å². The van der Waals surface area contributed by atoms with Crippen LogP contribution in [0.15, 0.2) is 60.7 Å². The molecule has 1 unspecified atom stereocenters. The third kappa shape index (κ3) is 2.53. The van der Waals surface area contributed by atoms with E-state index in [1.54, 1.807) is 18.2 Å². The van der Waals surface area contributed by atoms with E-state index in [0.29, 0.717) is 15.6 Å². The molecule has 0 aliphatic heterocycles. The largest absolute Gasteiger partial charge is 0.384 e. The van der Waals surface area contributed by atoms with Gasteiger partial charge in [-0.15, -0.1) is 0 Å². The number of aliphatic hydroxyl groups is 1. The lowest BCUT2D eigenvalue weighted by molar-refractivity contribution is 0.220. The summed E-state index contributed by atoms with van der Waals surface area (Å²) in [6.07, 6.45) is -0.760. The predicted molar refractivity (Wildman–Crippen MR) is 84.5 cm³/mol. The summed E-state index contributed by atoms with van der Waals surface area (Å²) in [6.45, 7) is 0. The van der Waals surface area contributed by atoms with Crippen LogP contribution in [-0.2, 0) is 0 Å². The Balaban J connectivity index is 2.05. The van der Waals surface area contributed by atoms with Crippen molar-refractivity contribution < 1.29 is 5.11 Å². The first kappa shape index (κ1) is 13.4. The molecule has 1 nitrogen and oxygen atoms in total. The van der Waals surface area contributed by atoms with Gasteiger partial charge < -0.3 is 5.11 Å². The van der Waals surface area contributed by atoms with Gasteiger partial charge in [-0.25, -0.2) is 0 Å². The first-order chi connectivity index (χ1) is 9.65. The Morgan fingerprint density at radius 3 is 2.30 bits per heavy atom. The smallest absolute Gasteiger partial charge is 0.106 e. The van der Waals surface area contributed by atoms with Crippen molar-refractivity contribution in [3.05, 3.63) is 81.8 Å². The number of hydrogen-bond donors (Lipinski definition) is 1. The summed E-state index contributed by atoms with van der Waals surface area (Å²) < 4.78 is 0. The van der Waals surface area contributed by atoms with E-state index in [9.17, 15) is 5.11 Å². The third-order valence-corrected chi connectivity index (χ3v) is 3.91. The van der Waals surface area contributed by atoms with Crippen LogP contribution >= 0.6 is 23.2 Å². The van der Waals surface area contributed by atoms with Crippen molar-refractivity contribution in [2.45, 2.75) is 6.10 Å². The van der Waals surface area contributed by atoms with Crippen molar-refractivity contribution in [3.8, 4) is 0 Å². The van der Waals surface area contributed by atoms with E-state index in [4.69, 9.17) is 23.2 Å². The van der Waals surface area contributed by atoms with E-state index in [2.05, 4.69) is 0 Å². The average molecular weight is 303 g/mol. The molecule has 3 aromatic carbocycles. The van der Waals surface area contributed by atoms with E-state index in [1.165, 1.54) is 0 Å². The highest BCUT2D eigenvalue weighted by Crippen LogP contribution is 2.31. The minimum atomic E-state index is -0.760. The fourth-order valence-corrected chi connectivity index (χ4v) is 2.79. The lowest BCUT2D eigenvalue weighted by Gasteiger charge is -2.14. The zero-order chi connectivity index (χ0) is 14.1. The summed E-state index contributed by atoms with van der Waals surface area (Å²) in [7, 11) is 0. The van der Waals surface area contributed by atoms with Crippen molar-refractivity contribution in [2.75, 3.05) is 0 Å². The van der Waals surface area contributed by atoms with Gasteiger partial charge in [-0.3, -0.25) is 0 Å². The van der Waals surface area contributed by atoms with E-state index in [0.717, 1.165) is 16.3 Å². The fraction of sp³-hybridized carbons (Fsp3) is 0.0588. The monoisotopic (exact) mass is 302 g/mol. The highest BCUT2D eigenvalue weighted by molar-refractivity contribution is 6.35. The molecule has 0 heterocycles.